The zero-order chi connectivity index (χ0) is 31.5. The average Bonchev–Trinajstić information content (AvgIpc) is 3.61. The van der Waals surface area contributed by atoms with Crippen molar-refractivity contribution in [3.05, 3.63) is 169 Å². The molecule has 2 heteroatoms. The second kappa shape index (κ2) is 10.6. The zero-order valence-electron chi connectivity index (χ0n) is 26.4. The van der Waals surface area contributed by atoms with E-state index in [1.165, 1.54) is 44.5 Å². The average molecular weight is 604 g/mol. The maximum Gasteiger partial charge on any atom is 0.143 e. The second-order valence-corrected chi connectivity index (χ2v) is 13.0. The van der Waals surface area contributed by atoms with Crippen LogP contribution in [0.3, 0.4) is 0 Å². The van der Waals surface area contributed by atoms with Gasteiger partial charge in [0.1, 0.15) is 11.2 Å². The van der Waals surface area contributed by atoms with Crippen LogP contribution in [0.25, 0.3) is 66.4 Å². The summed E-state index contributed by atoms with van der Waals surface area (Å²) in [5.41, 5.74) is 16.6. The Hall–Kier alpha value is -5.86. The first-order chi connectivity index (χ1) is 23.0. The van der Waals surface area contributed by atoms with Crippen molar-refractivity contribution >= 4 is 33.3 Å². The van der Waals surface area contributed by atoms with E-state index in [0.29, 0.717) is 0 Å². The van der Waals surface area contributed by atoms with E-state index in [1.54, 1.807) is 0 Å². The largest absolute Gasteiger partial charge is 0.455 e. The van der Waals surface area contributed by atoms with Crippen molar-refractivity contribution in [3.63, 3.8) is 0 Å². The van der Waals surface area contributed by atoms with E-state index in [0.717, 1.165) is 44.4 Å². The van der Waals surface area contributed by atoms with E-state index in [4.69, 9.17) is 4.42 Å². The molecule has 224 valence electrons. The Labute approximate surface area is 275 Å². The summed E-state index contributed by atoms with van der Waals surface area (Å²) in [4.78, 5) is 0. The molecule has 1 heterocycles. The maximum atomic E-state index is 6.27. The number of para-hydroxylation sites is 2. The van der Waals surface area contributed by atoms with Crippen LogP contribution in [0.5, 0.6) is 0 Å². The SMILES string of the molecule is CC1(C)c2cc(-c3ccc(Nc4ccc(-c5cccc6c5oc5ccccc56)cc4)cc3)ccc2-c2c(-c3ccccc3)cccc21. The molecule has 0 spiro atoms. The van der Waals surface area contributed by atoms with E-state index in [-0.39, 0.29) is 5.41 Å². The molecular formula is C45H33NO. The van der Waals surface area contributed by atoms with E-state index >= 15 is 0 Å². The van der Waals surface area contributed by atoms with Gasteiger partial charge >= 0.3 is 0 Å². The van der Waals surface area contributed by atoms with Crippen LogP contribution >= 0.6 is 0 Å². The monoisotopic (exact) mass is 603 g/mol. The molecule has 0 radical (unpaired) electrons. The van der Waals surface area contributed by atoms with Crippen LogP contribution in [0.1, 0.15) is 25.0 Å². The van der Waals surface area contributed by atoms with Crippen LogP contribution in [-0.4, -0.2) is 0 Å². The number of furan rings is 1. The zero-order valence-corrected chi connectivity index (χ0v) is 26.4. The Morgan fingerprint density at radius 1 is 0.447 bits per heavy atom. The highest BCUT2D eigenvalue weighted by Gasteiger charge is 2.37. The number of rotatable bonds is 5. The highest BCUT2D eigenvalue weighted by Crippen LogP contribution is 2.52. The van der Waals surface area contributed by atoms with Gasteiger partial charge in [0.2, 0.25) is 0 Å². The number of benzene rings is 7. The van der Waals surface area contributed by atoms with Crippen molar-refractivity contribution in [1.29, 1.82) is 0 Å². The van der Waals surface area contributed by atoms with Gasteiger partial charge in [0.05, 0.1) is 0 Å². The minimum absolute atomic E-state index is 0.0743. The van der Waals surface area contributed by atoms with Gasteiger partial charge in [-0.1, -0.05) is 135 Å². The number of hydrogen-bond acceptors (Lipinski definition) is 2. The fraction of sp³-hybridized carbons (Fsp3) is 0.0667. The summed E-state index contributed by atoms with van der Waals surface area (Å²) in [6, 6.07) is 56.4. The highest BCUT2D eigenvalue weighted by molar-refractivity contribution is 6.09. The third kappa shape index (κ3) is 4.48. The van der Waals surface area contributed by atoms with Gasteiger partial charge in [-0.05, 0) is 86.5 Å². The third-order valence-electron chi connectivity index (χ3n) is 9.89. The van der Waals surface area contributed by atoms with Crippen molar-refractivity contribution in [3.8, 4) is 44.5 Å². The first-order valence-corrected chi connectivity index (χ1v) is 16.3. The van der Waals surface area contributed by atoms with Crippen LogP contribution in [0.15, 0.2) is 162 Å². The molecule has 1 aliphatic carbocycles. The van der Waals surface area contributed by atoms with Crippen molar-refractivity contribution in [2.75, 3.05) is 5.32 Å². The van der Waals surface area contributed by atoms with Gasteiger partial charge < -0.3 is 9.73 Å². The lowest BCUT2D eigenvalue weighted by Crippen LogP contribution is -2.15. The van der Waals surface area contributed by atoms with Crippen LogP contribution in [-0.2, 0) is 5.41 Å². The third-order valence-corrected chi connectivity index (χ3v) is 9.89. The molecule has 2 nitrogen and oxygen atoms in total. The van der Waals surface area contributed by atoms with Crippen molar-refractivity contribution < 1.29 is 4.42 Å². The molecule has 47 heavy (non-hydrogen) atoms. The summed E-state index contributed by atoms with van der Waals surface area (Å²) in [6.07, 6.45) is 0. The predicted octanol–water partition coefficient (Wildman–Crippen LogP) is 12.6. The molecule has 0 bridgehead atoms. The summed E-state index contributed by atoms with van der Waals surface area (Å²) < 4.78 is 6.27. The lowest BCUT2D eigenvalue weighted by molar-refractivity contribution is 0.660. The molecule has 0 fully saturated rings. The predicted molar refractivity (Wildman–Crippen MR) is 197 cm³/mol. The molecule has 0 saturated heterocycles. The molecule has 9 rings (SSSR count). The maximum absolute atomic E-state index is 6.27. The lowest BCUT2D eigenvalue weighted by Gasteiger charge is -2.22. The Morgan fingerprint density at radius 3 is 1.85 bits per heavy atom. The Morgan fingerprint density at radius 2 is 1.06 bits per heavy atom. The van der Waals surface area contributed by atoms with Gasteiger partial charge in [-0.2, -0.15) is 0 Å². The number of nitrogens with one attached hydrogen (secondary N) is 1. The van der Waals surface area contributed by atoms with Crippen LogP contribution in [0.2, 0.25) is 0 Å². The van der Waals surface area contributed by atoms with Crippen LogP contribution in [0, 0.1) is 0 Å². The van der Waals surface area contributed by atoms with Crippen LogP contribution < -0.4 is 5.32 Å². The standard InChI is InChI=1S/C45H33NO/c1-45(2)40-16-9-13-35(30-10-4-3-5-11-30)43(40)39-27-22-32(28-41(39)45)29-18-23-33(24-19-29)46-34-25-20-31(21-26-34)36-14-8-15-38-37-12-6-7-17-42(37)47-44(36)38/h3-28,46H,1-2H3. The Bertz CT molecular complexity index is 2430. The molecule has 1 N–H and O–H groups in total. The summed E-state index contributed by atoms with van der Waals surface area (Å²) in [7, 11) is 0. The molecule has 0 aliphatic heterocycles. The van der Waals surface area contributed by atoms with Gasteiger partial charge in [0, 0.05) is 33.1 Å². The molecule has 0 amide bonds. The van der Waals surface area contributed by atoms with E-state index in [9.17, 15) is 0 Å². The van der Waals surface area contributed by atoms with Gasteiger partial charge in [-0.3, -0.25) is 0 Å². The topological polar surface area (TPSA) is 25.2 Å². The molecule has 1 aliphatic rings. The van der Waals surface area contributed by atoms with Crippen molar-refractivity contribution in [2.45, 2.75) is 19.3 Å². The Balaban J connectivity index is 0.976. The van der Waals surface area contributed by atoms with Crippen molar-refractivity contribution in [1.82, 2.24) is 0 Å². The van der Waals surface area contributed by atoms with Gasteiger partial charge in [-0.25, -0.2) is 0 Å². The molecule has 0 unspecified atom stereocenters. The summed E-state index contributed by atoms with van der Waals surface area (Å²) in [5, 5.41) is 5.88. The molecule has 8 aromatic rings. The lowest BCUT2D eigenvalue weighted by atomic mass is 9.81. The molecule has 7 aromatic carbocycles. The molecular weight excluding hydrogens is 571 g/mol. The van der Waals surface area contributed by atoms with Crippen molar-refractivity contribution in [2.24, 2.45) is 0 Å². The normalized spacial score (nSPS) is 13.1. The summed E-state index contributed by atoms with van der Waals surface area (Å²) in [6.45, 7) is 4.71. The van der Waals surface area contributed by atoms with Gasteiger partial charge in [-0.15, -0.1) is 0 Å². The number of hydrogen-bond donors (Lipinski definition) is 1. The molecule has 0 atom stereocenters. The molecule has 1 aromatic heterocycles. The fourth-order valence-electron chi connectivity index (χ4n) is 7.45. The summed E-state index contributed by atoms with van der Waals surface area (Å²) >= 11 is 0. The quantitative estimate of drug-likeness (QED) is 0.212. The van der Waals surface area contributed by atoms with Gasteiger partial charge in [0.15, 0.2) is 0 Å². The minimum Gasteiger partial charge on any atom is -0.455 e. The smallest absolute Gasteiger partial charge is 0.143 e. The highest BCUT2D eigenvalue weighted by atomic mass is 16.3. The molecule has 0 saturated carbocycles. The first kappa shape index (κ1) is 27.5. The minimum atomic E-state index is -0.0743. The van der Waals surface area contributed by atoms with E-state index in [1.807, 2.05) is 12.1 Å². The van der Waals surface area contributed by atoms with E-state index < -0.39 is 0 Å². The van der Waals surface area contributed by atoms with Gasteiger partial charge in [0.25, 0.3) is 0 Å². The van der Waals surface area contributed by atoms with E-state index in [2.05, 4.69) is 165 Å². The number of fused-ring (bicyclic) bond motifs is 6. The summed E-state index contributed by atoms with van der Waals surface area (Å²) in [5.74, 6) is 0. The Kier molecular flexibility index (Phi) is 6.20. The van der Waals surface area contributed by atoms with Crippen LogP contribution in [0.4, 0.5) is 11.4 Å². The second-order valence-electron chi connectivity index (χ2n) is 13.0. The number of anilines is 2. The fourth-order valence-corrected chi connectivity index (χ4v) is 7.45. The first-order valence-electron chi connectivity index (χ1n) is 16.3.